The number of benzene rings is 1. The molecule has 0 atom stereocenters. The topological polar surface area (TPSA) is 58.6 Å². The molecule has 0 aliphatic rings. The van der Waals surface area contributed by atoms with E-state index in [0.717, 1.165) is 5.56 Å². The Hall–Kier alpha value is -1.91. The SMILES string of the molecule is [B]C(=O)OCc1cc(C)ccc1OC(=C)[O-]. The molecule has 0 aliphatic carbocycles. The minimum atomic E-state index is -0.881. The molecule has 0 spiro atoms. The summed E-state index contributed by atoms with van der Waals surface area (Å²) in [6, 6.07) is 5.12. The molecule has 0 aromatic heterocycles. The number of hydrogen-bond acceptors (Lipinski definition) is 4. The number of rotatable bonds is 4. The molecule has 5 heteroatoms. The quantitative estimate of drug-likeness (QED) is 0.557. The van der Waals surface area contributed by atoms with Gasteiger partial charge in [0, 0.05) is 17.3 Å². The van der Waals surface area contributed by atoms with Crippen molar-refractivity contribution < 1.29 is 19.4 Å². The molecule has 1 aromatic carbocycles. The Morgan fingerprint density at radius 3 is 2.81 bits per heavy atom. The third-order valence-corrected chi connectivity index (χ3v) is 1.81. The zero-order valence-corrected chi connectivity index (χ0v) is 8.86. The highest BCUT2D eigenvalue weighted by Crippen LogP contribution is 2.21. The van der Waals surface area contributed by atoms with Crippen LogP contribution in [-0.4, -0.2) is 13.7 Å². The molecular weight excluding hydrogens is 207 g/mol. The molecule has 0 aliphatic heterocycles. The lowest BCUT2D eigenvalue weighted by atomic mass is 10.1. The summed E-state index contributed by atoms with van der Waals surface area (Å²) in [5, 5.41) is 10.7. The Bertz CT molecular complexity index is 414. The normalized spacial score (nSPS) is 9.56. The summed E-state index contributed by atoms with van der Waals surface area (Å²) in [5.41, 5.74) is 1.52. The first-order valence-corrected chi connectivity index (χ1v) is 4.54. The van der Waals surface area contributed by atoms with E-state index in [1.54, 1.807) is 18.2 Å². The monoisotopic (exact) mass is 217 g/mol. The van der Waals surface area contributed by atoms with Crippen LogP contribution in [0.2, 0.25) is 0 Å². The first-order chi connectivity index (χ1) is 7.49. The van der Waals surface area contributed by atoms with Crippen molar-refractivity contribution in [1.82, 2.24) is 0 Å². The molecule has 0 amide bonds. The molecule has 1 aromatic rings. The van der Waals surface area contributed by atoms with Gasteiger partial charge in [-0.1, -0.05) is 24.3 Å². The third-order valence-electron chi connectivity index (χ3n) is 1.81. The van der Waals surface area contributed by atoms with Crippen LogP contribution in [-0.2, 0) is 11.3 Å². The van der Waals surface area contributed by atoms with Gasteiger partial charge >= 0.3 is 0 Å². The Labute approximate surface area is 94.9 Å². The Morgan fingerprint density at radius 1 is 1.56 bits per heavy atom. The number of carbonyl (C=O) groups excluding carboxylic acids is 1. The van der Waals surface area contributed by atoms with Gasteiger partial charge in [-0.2, -0.15) is 0 Å². The van der Waals surface area contributed by atoms with Gasteiger partial charge < -0.3 is 14.6 Å². The third kappa shape index (κ3) is 3.69. The van der Waals surface area contributed by atoms with E-state index in [1.165, 1.54) is 0 Å². The lowest BCUT2D eigenvalue weighted by Gasteiger charge is -2.18. The van der Waals surface area contributed by atoms with Gasteiger partial charge in [-0.05, 0) is 13.0 Å². The average molecular weight is 217 g/mol. The van der Waals surface area contributed by atoms with Crippen LogP contribution in [0.5, 0.6) is 5.75 Å². The summed E-state index contributed by atoms with van der Waals surface area (Å²) in [6.45, 7) is 4.92. The molecule has 2 radical (unpaired) electrons. The van der Waals surface area contributed by atoms with Crippen molar-refractivity contribution in [2.45, 2.75) is 13.5 Å². The van der Waals surface area contributed by atoms with Crippen LogP contribution in [0, 0.1) is 6.92 Å². The van der Waals surface area contributed by atoms with Crippen molar-refractivity contribution in [2.24, 2.45) is 0 Å². The molecule has 82 valence electrons. The van der Waals surface area contributed by atoms with Crippen LogP contribution < -0.4 is 9.84 Å². The van der Waals surface area contributed by atoms with Gasteiger partial charge in [-0.3, -0.25) is 4.79 Å². The minimum Gasteiger partial charge on any atom is -0.579 e. The van der Waals surface area contributed by atoms with Gasteiger partial charge in [0.25, 0.3) is 0 Å². The van der Waals surface area contributed by atoms with E-state index in [-0.39, 0.29) is 6.61 Å². The van der Waals surface area contributed by atoms with Crippen molar-refractivity contribution >= 4 is 13.7 Å². The van der Waals surface area contributed by atoms with E-state index in [2.05, 4.69) is 11.3 Å². The van der Waals surface area contributed by atoms with Crippen LogP contribution in [0.3, 0.4) is 0 Å². The lowest BCUT2D eigenvalue weighted by molar-refractivity contribution is -0.341. The second kappa shape index (κ2) is 5.25. The zero-order chi connectivity index (χ0) is 12.1. The van der Waals surface area contributed by atoms with Crippen molar-refractivity contribution in [2.75, 3.05) is 0 Å². The fourth-order valence-electron chi connectivity index (χ4n) is 1.19. The van der Waals surface area contributed by atoms with Gasteiger partial charge in [-0.25, -0.2) is 0 Å². The van der Waals surface area contributed by atoms with Crippen molar-refractivity contribution in [3.8, 4) is 5.75 Å². The summed E-state index contributed by atoms with van der Waals surface area (Å²) in [6.07, 6.45) is 0. The van der Waals surface area contributed by atoms with E-state index < -0.39 is 11.8 Å². The van der Waals surface area contributed by atoms with Crippen molar-refractivity contribution in [3.63, 3.8) is 0 Å². The van der Waals surface area contributed by atoms with E-state index in [0.29, 0.717) is 11.3 Å². The van der Waals surface area contributed by atoms with Crippen molar-refractivity contribution in [3.05, 3.63) is 41.9 Å². The van der Waals surface area contributed by atoms with Crippen LogP contribution in [0.25, 0.3) is 0 Å². The second-order valence-corrected chi connectivity index (χ2v) is 3.19. The molecule has 0 fully saturated rings. The molecule has 4 nitrogen and oxygen atoms in total. The summed E-state index contributed by atoms with van der Waals surface area (Å²) in [7, 11) is 4.85. The standard InChI is InChI=1S/C11H11BO4/c1-7-3-4-10(16-8(2)13)9(5-7)6-15-11(12)14/h3-5,13H,2,6H2,1H3/p-1. The summed E-state index contributed by atoms with van der Waals surface area (Å²) < 4.78 is 9.48. The van der Waals surface area contributed by atoms with E-state index in [4.69, 9.17) is 12.6 Å². The van der Waals surface area contributed by atoms with Crippen LogP contribution >= 0.6 is 0 Å². The van der Waals surface area contributed by atoms with E-state index >= 15 is 0 Å². The molecule has 0 bridgehead atoms. The maximum Gasteiger partial charge on any atom is 0.236 e. The molecule has 1 rings (SSSR count). The highest BCUT2D eigenvalue weighted by atomic mass is 16.6. The van der Waals surface area contributed by atoms with Crippen molar-refractivity contribution in [1.29, 1.82) is 0 Å². The molecule has 16 heavy (non-hydrogen) atoms. The fourth-order valence-corrected chi connectivity index (χ4v) is 1.19. The smallest absolute Gasteiger partial charge is 0.236 e. The average Bonchev–Trinajstić information content (AvgIpc) is 2.17. The Kier molecular flexibility index (Phi) is 3.99. The van der Waals surface area contributed by atoms with Crippen LogP contribution in [0.15, 0.2) is 30.7 Å². The van der Waals surface area contributed by atoms with Crippen LogP contribution in [0.1, 0.15) is 11.1 Å². The highest BCUT2D eigenvalue weighted by Gasteiger charge is 2.02. The van der Waals surface area contributed by atoms with Gasteiger partial charge in [0.1, 0.15) is 6.61 Å². The summed E-state index contributed by atoms with van der Waals surface area (Å²) >= 11 is 0. The summed E-state index contributed by atoms with van der Waals surface area (Å²) in [4.78, 5) is 10.5. The van der Waals surface area contributed by atoms with E-state index in [1.807, 2.05) is 6.92 Å². The predicted molar refractivity (Wildman–Crippen MR) is 56.9 cm³/mol. The molecular formula is C11H10BO4-. The number of hydrogen-bond donors (Lipinski definition) is 0. The van der Waals surface area contributed by atoms with E-state index in [9.17, 15) is 9.90 Å². The number of carbonyl (C=O) groups is 1. The highest BCUT2D eigenvalue weighted by molar-refractivity contribution is 6.55. The lowest BCUT2D eigenvalue weighted by Crippen LogP contribution is -2.11. The predicted octanol–water partition coefficient (Wildman–Crippen LogP) is 1.01. The summed E-state index contributed by atoms with van der Waals surface area (Å²) in [5.74, 6) is -1.25. The molecule has 0 N–H and O–H groups in total. The fraction of sp³-hybridized carbons (Fsp3) is 0.182. The Balaban J connectivity index is 2.89. The first-order valence-electron chi connectivity index (χ1n) is 4.54. The maximum atomic E-state index is 10.7. The van der Waals surface area contributed by atoms with Gasteiger partial charge in [0.05, 0.1) is 0 Å². The Morgan fingerprint density at radius 2 is 2.25 bits per heavy atom. The first kappa shape index (κ1) is 12.2. The van der Waals surface area contributed by atoms with Gasteiger partial charge in [-0.15, -0.1) is 0 Å². The second-order valence-electron chi connectivity index (χ2n) is 3.19. The molecule has 0 saturated carbocycles. The molecule has 0 unspecified atom stereocenters. The molecule has 0 saturated heterocycles. The van der Waals surface area contributed by atoms with Gasteiger partial charge in [0.15, 0.2) is 0 Å². The largest absolute Gasteiger partial charge is 0.579 e. The minimum absolute atomic E-state index is 0.0420. The maximum absolute atomic E-state index is 10.7. The zero-order valence-electron chi connectivity index (χ0n) is 8.86. The van der Waals surface area contributed by atoms with Crippen LogP contribution in [0.4, 0.5) is 4.79 Å². The number of ether oxygens (including phenoxy) is 2. The van der Waals surface area contributed by atoms with Gasteiger partial charge in [0.2, 0.25) is 13.7 Å². The molecule has 0 heterocycles. The number of aryl methyl sites for hydroxylation is 1.